The number of halogens is 1. The fraction of sp³-hybridized carbons (Fsp3) is 0.318. The van der Waals surface area contributed by atoms with Crippen LogP contribution in [0.15, 0.2) is 59.8 Å². The second-order valence-corrected chi connectivity index (χ2v) is 8.46. The Kier molecular flexibility index (Phi) is 5.94. The van der Waals surface area contributed by atoms with Gasteiger partial charge in [-0.25, -0.2) is 4.39 Å². The maximum atomic E-state index is 14.4. The predicted octanol–water partition coefficient (Wildman–Crippen LogP) is 4.24. The number of carbonyl (C=O) groups excluding carboxylic acids is 1. The van der Waals surface area contributed by atoms with Crippen LogP contribution in [0.5, 0.6) is 0 Å². The molecule has 2 heterocycles. The first kappa shape index (κ1) is 19.6. The zero-order valence-electron chi connectivity index (χ0n) is 16.3. The summed E-state index contributed by atoms with van der Waals surface area (Å²) in [6.45, 7) is 4.04. The van der Waals surface area contributed by atoms with E-state index in [1.807, 2.05) is 46.7 Å². The van der Waals surface area contributed by atoms with Crippen LogP contribution in [0.4, 0.5) is 4.39 Å². The summed E-state index contributed by atoms with van der Waals surface area (Å²) >= 11 is 1.38. The summed E-state index contributed by atoms with van der Waals surface area (Å²) in [6, 6.07) is 16.5. The van der Waals surface area contributed by atoms with Crippen molar-refractivity contribution >= 4 is 17.7 Å². The molecule has 0 saturated carbocycles. The molecule has 29 heavy (non-hydrogen) atoms. The Morgan fingerprint density at radius 2 is 1.76 bits per heavy atom. The molecule has 1 amide bonds. The summed E-state index contributed by atoms with van der Waals surface area (Å²) in [4.78, 5) is 14.6. The van der Waals surface area contributed by atoms with Gasteiger partial charge in [-0.2, -0.15) is 0 Å². The first-order valence-corrected chi connectivity index (χ1v) is 10.7. The zero-order valence-corrected chi connectivity index (χ0v) is 17.1. The van der Waals surface area contributed by atoms with Gasteiger partial charge in [0.05, 0.1) is 17.4 Å². The number of amides is 1. The molecule has 4 rings (SSSR count). The molecule has 1 aliphatic rings. The number of benzene rings is 2. The van der Waals surface area contributed by atoms with E-state index in [1.54, 1.807) is 18.2 Å². The van der Waals surface area contributed by atoms with Crippen LogP contribution in [-0.4, -0.2) is 43.9 Å². The molecule has 1 saturated heterocycles. The van der Waals surface area contributed by atoms with Crippen LogP contribution >= 0.6 is 11.8 Å². The van der Waals surface area contributed by atoms with Crippen LogP contribution in [0, 0.1) is 5.82 Å². The minimum Gasteiger partial charge on any atom is -0.342 e. The highest BCUT2D eigenvalue weighted by Gasteiger charge is 2.26. The van der Waals surface area contributed by atoms with Crippen LogP contribution < -0.4 is 0 Å². The summed E-state index contributed by atoms with van der Waals surface area (Å²) in [5, 5.41) is 8.94. The van der Waals surface area contributed by atoms with E-state index in [2.05, 4.69) is 10.2 Å². The molecule has 7 heteroatoms. The van der Waals surface area contributed by atoms with E-state index in [9.17, 15) is 9.18 Å². The number of hydrogen-bond acceptors (Lipinski definition) is 4. The van der Waals surface area contributed by atoms with E-state index >= 15 is 0 Å². The lowest BCUT2D eigenvalue weighted by atomic mass is 10.2. The van der Waals surface area contributed by atoms with Gasteiger partial charge in [-0.05, 0) is 37.5 Å². The quantitative estimate of drug-likeness (QED) is 0.571. The van der Waals surface area contributed by atoms with Crippen molar-refractivity contribution in [3.8, 4) is 11.4 Å². The Labute approximate surface area is 173 Å². The van der Waals surface area contributed by atoms with Crippen molar-refractivity contribution in [1.82, 2.24) is 19.7 Å². The number of hydrogen-bond donors (Lipinski definition) is 0. The van der Waals surface area contributed by atoms with Crippen LogP contribution in [0.1, 0.15) is 25.3 Å². The van der Waals surface area contributed by atoms with E-state index in [1.165, 1.54) is 17.8 Å². The summed E-state index contributed by atoms with van der Waals surface area (Å²) < 4.78 is 16.3. The van der Waals surface area contributed by atoms with Gasteiger partial charge in [0.15, 0.2) is 11.0 Å². The molecule has 5 nitrogen and oxygen atoms in total. The van der Waals surface area contributed by atoms with Crippen LogP contribution in [-0.2, 0) is 11.3 Å². The van der Waals surface area contributed by atoms with Crippen molar-refractivity contribution in [3.63, 3.8) is 0 Å². The average molecular weight is 411 g/mol. The van der Waals surface area contributed by atoms with Gasteiger partial charge in [-0.15, -0.1) is 10.2 Å². The van der Waals surface area contributed by atoms with Gasteiger partial charge in [0, 0.05) is 13.1 Å². The molecule has 0 spiro atoms. The molecule has 1 atom stereocenters. The Morgan fingerprint density at radius 3 is 2.48 bits per heavy atom. The summed E-state index contributed by atoms with van der Waals surface area (Å²) in [6.07, 6.45) is 2.12. The fourth-order valence-corrected chi connectivity index (χ4v) is 4.46. The monoisotopic (exact) mass is 410 g/mol. The van der Waals surface area contributed by atoms with Crippen molar-refractivity contribution in [1.29, 1.82) is 0 Å². The van der Waals surface area contributed by atoms with Crippen molar-refractivity contribution in [3.05, 3.63) is 66.0 Å². The largest absolute Gasteiger partial charge is 0.342 e. The Hall–Kier alpha value is -2.67. The third-order valence-electron chi connectivity index (χ3n) is 5.06. The number of aromatic nitrogens is 3. The molecule has 1 aliphatic heterocycles. The summed E-state index contributed by atoms with van der Waals surface area (Å²) in [5.74, 6) is 0.247. The molecule has 0 N–H and O–H groups in total. The SMILES string of the molecule is CC(Sc1nnc(-c2ccccc2F)n1Cc1ccccc1)C(=O)N1CCCC1. The van der Waals surface area contributed by atoms with Crippen molar-refractivity contribution < 1.29 is 9.18 Å². The van der Waals surface area contributed by atoms with Gasteiger partial charge in [0.1, 0.15) is 5.82 Å². The smallest absolute Gasteiger partial charge is 0.235 e. The van der Waals surface area contributed by atoms with Crippen LogP contribution in [0.3, 0.4) is 0 Å². The fourth-order valence-electron chi connectivity index (χ4n) is 3.53. The maximum Gasteiger partial charge on any atom is 0.235 e. The molecule has 0 bridgehead atoms. The highest BCUT2D eigenvalue weighted by Crippen LogP contribution is 2.30. The van der Waals surface area contributed by atoms with Crippen molar-refractivity contribution in [2.45, 2.75) is 36.7 Å². The van der Waals surface area contributed by atoms with E-state index in [-0.39, 0.29) is 17.0 Å². The van der Waals surface area contributed by atoms with E-state index in [4.69, 9.17) is 0 Å². The normalized spacial score (nSPS) is 14.9. The molecule has 1 fully saturated rings. The Morgan fingerprint density at radius 1 is 1.07 bits per heavy atom. The summed E-state index contributed by atoms with van der Waals surface area (Å²) in [5.41, 5.74) is 1.46. The zero-order chi connectivity index (χ0) is 20.2. The molecular weight excluding hydrogens is 387 g/mol. The lowest BCUT2D eigenvalue weighted by molar-refractivity contribution is -0.129. The molecule has 1 aromatic heterocycles. The number of thioether (sulfide) groups is 1. The first-order chi connectivity index (χ1) is 14.1. The van der Waals surface area contributed by atoms with Gasteiger partial charge >= 0.3 is 0 Å². The number of likely N-dealkylation sites (tertiary alicyclic amines) is 1. The van der Waals surface area contributed by atoms with Crippen molar-refractivity contribution in [2.75, 3.05) is 13.1 Å². The average Bonchev–Trinajstić information content (AvgIpc) is 3.40. The molecule has 0 radical (unpaired) electrons. The standard InChI is InChI=1S/C22H23FN4OS/c1-16(21(28)26-13-7-8-14-26)29-22-25-24-20(18-11-5-6-12-19(18)23)27(22)15-17-9-3-2-4-10-17/h2-6,9-12,16H,7-8,13-15H2,1H3. The van der Waals surface area contributed by atoms with E-state index in [0.717, 1.165) is 31.5 Å². The molecule has 1 unspecified atom stereocenters. The minimum atomic E-state index is -0.341. The second-order valence-electron chi connectivity index (χ2n) is 7.15. The van der Waals surface area contributed by atoms with Crippen molar-refractivity contribution in [2.24, 2.45) is 0 Å². The van der Waals surface area contributed by atoms with Gasteiger partial charge in [-0.3, -0.25) is 9.36 Å². The van der Waals surface area contributed by atoms with Gasteiger partial charge < -0.3 is 4.90 Å². The van der Waals surface area contributed by atoms with Gasteiger partial charge in [0.2, 0.25) is 5.91 Å². The highest BCUT2D eigenvalue weighted by atomic mass is 32.2. The molecular formula is C22H23FN4OS. The van der Waals surface area contributed by atoms with Gasteiger partial charge in [0.25, 0.3) is 0 Å². The number of rotatable bonds is 6. The Balaban J connectivity index is 1.66. The van der Waals surface area contributed by atoms with E-state index < -0.39 is 0 Å². The molecule has 2 aromatic carbocycles. The van der Waals surface area contributed by atoms with Crippen LogP contribution in [0.2, 0.25) is 0 Å². The maximum absolute atomic E-state index is 14.4. The van der Waals surface area contributed by atoms with Crippen LogP contribution in [0.25, 0.3) is 11.4 Å². The molecule has 3 aromatic rings. The third kappa shape index (κ3) is 4.34. The topological polar surface area (TPSA) is 51.0 Å². The molecule has 150 valence electrons. The predicted molar refractivity (Wildman–Crippen MR) is 112 cm³/mol. The number of carbonyl (C=O) groups is 1. The van der Waals surface area contributed by atoms with Gasteiger partial charge in [-0.1, -0.05) is 54.2 Å². The third-order valence-corrected chi connectivity index (χ3v) is 6.13. The molecule has 0 aliphatic carbocycles. The lowest BCUT2D eigenvalue weighted by Crippen LogP contribution is -2.34. The Bertz CT molecular complexity index is 985. The first-order valence-electron chi connectivity index (χ1n) is 9.81. The highest BCUT2D eigenvalue weighted by molar-refractivity contribution is 8.00. The minimum absolute atomic E-state index is 0.120. The number of nitrogens with zero attached hydrogens (tertiary/aromatic N) is 4. The lowest BCUT2D eigenvalue weighted by Gasteiger charge is -2.20. The second kappa shape index (κ2) is 8.78. The summed E-state index contributed by atoms with van der Waals surface area (Å²) in [7, 11) is 0. The van der Waals surface area contributed by atoms with E-state index in [0.29, 0.717) is 23.1 Å².